The third kappa shape index (κ3) is 2.94. The van der Waals surface area contributed by atoms with Gasteiger partial charge < -0.3 is 5.32 Å². The van der Waals surface area contributed by atoms with E-state index >= 15 is 0 Å². The largest absolute Gasteiger partial charge is 0.308 e. The molecule has 1 nitrogen and oxygen atoms in total. The fourth-order valence-corrected chi connectivity index (χ4v) is 3.92. The van der Waals surface area contributed by atoms with Crippen LogP contribution in [0.15, 0.2) is 21.3 Å². The summed E-state index contributed by atoms with van der Waals surface area (Å²) in [6.07, 6.45) is 0. The van der Waals surface area contributed by atoms with Crippen molar-refractivity contribution in [1.82, 2.24) is 5.32 Å². The minimum absolute atomic E-state index is 0.951. The lowest BCUT2D eigenvalue weighted by Crippen LogP contribution is -2.11. The summed E-state index contributed by atoms with van der Waals surface area (Å²) >= 11 is 7.17. The number of aryl methyl sites for hydroxylation is 2. The zero-order chi connectivity index (χ0) is 11.5. The van der Waals surface area contributed by atoms with E-state index in [1.54, 1.807) is 11.3 Å². The Morgan fingerprint density at radius 3 is 2.62 bits per heavy atom. The first-order valence-electron chi connectivity index (χ1n) is 5.14. The van der Waals surface area contributed by atoms with Gasteiger partial charge in [-0.2, -0.15) is 11.3 Å². The van der Waals surface area contributed by atoms with Gasteiger partial charge in [-0.05, 0) is 57.7 Å². The van der Waals surface area contributed by atoms with Crippen LogP contribution in [0.3, 0.4) is 0 Å². The van der Waals surface area contributed by atoms with Crippen molar-refractivity contribution in [3.63, 3.8) is 0 Å². The van der Waals surface area contributed by atoms with E-state index < -0.39 is 0 Å². The van der Waals surface area contributed by atoms with E-state index in [0.717, 1.165) is 13.1 Å². The van der Waals surface area contributed by atoms with E-state index in [9.17, 15) is 0 Å². The molecule has 0 saturated carbocycles. The van der Waals surface area contributed by atoms with Crippen LogP contribution in [0.25, 0.3) is 0 Å². The Bertz CT molecular complexity index is 454. The highest BCUT2D eigenvalue weighted by Gasteiger charge is 2.03. The molecule has 2 rings (SSSR count). The van der Waals surface area contributed by atoms with Gasteiger partial charge in [-0.15, -0.1) is 11.3 Å². The molecule has 4 heteroatoms. The van der Waals surface area contributed by atoms with Crippen LogP contribution in [0.2, 0.25) is 0 Å². The minimum Gasteiger partial charge on any atom is -0.308 e. The molecule has 0 fully saturated rings. The van der Waals surface area contributed by atoms with E-state index in [0.29, 0.717) is 0 Å². The van der Waals surface area contributed by atoms with Crippen LogP contribution in [0.5, 0.6) is 0 Å². The fraction of sp³-hybridized carbons (Fsp3) is 0.333. The molecular weight excluding hydrogens is 302 g/mol. The molecule has 2 aromatic heterocycles. The quantitative estimate of drug-likeness (QED) is 0.877. The summed E-state index contributed by atoms with van der Waals surface area (Å²) in [5.74, 6) is 0. The first-order chi connectivity index (χ1) is 7.66. The highest BCUT2D eigenvalue weighted by molar-refractivity contribution is 9.10. The smallest absolute Gasteiger partial charge is 0.0314 e. The van der Waals surface area contributed by atoms with Gasteiger partial charge in [0.05, 0.1) is 0 Å². The average molecular weight is 316 g/mol. The van der Waals surface area contributed by atoms with Crippen LogP contribution in [0.1, 0.15) is 20.9 Å². The van der Waals surface area contributed by atoms with Crippen molar-refractivity contribution in [3.8, 4) is 0 Å². The molecule has 0 saturated heterocycles. The molecule has 0 unspecified atom stereocenters. The number of halogens is 1. The molecule has 0 bridgehead atoms. The third-order valence-corrected chi connectivity index (χ3v) is 5.53. The second kappa shape index (κ2) is 5.45. The van der Waals surface area contributed by atoms with Crippen molar-refractivity contribution < 1.29 is 0 Å². The van der Waals surface area contributed by atoms with Crippen LogP contribution in [-0.2, 0) is 13.1 Å². The lowest BCUT2D eigenvalue weighted by Gasteiger charge is -2.02. The molecule has 0 aromatic carbocycles. The van der Waals surface area contributed by atoms with E-state index in [1.807, 2.05) is 11.3 Å². The van der Waals surface area contributed by atoms with Crippen molar-refractivity contribution >= 4 is 38.6 Å². The van der Waals surface area contributed by atoms with Gasteiger partial charge in [0, 0.05) is 27.3 Å². The van der Waals surface area contributed by atoms with E-state index in [2.05, 4.69) is 51.9 Å². The average Bonchev–Trinajstić information content (AvgIpc) is 2.76. The summed E-state index contributed by atoms with van der Waals surface area (Å²) in [5.41, 5.74) is 2.80. The predicted molar refractivity (Wildman–Crippen MR) is 76.4 cm³/mol. The first kappa shape index (κ1) is 12.3. The molecule has 2 heterocycles. The Balaban J connectivity index is 1.87. The van der Waals surface area contributed by atoms with Gasteiger partial charge in [0.25, 0.3) is 0 Å². The molecule has 0 spiro atoms. The van der Waals surface area contributed by atoms with E-state index in [1.165, 1.54) is 25.4 Å². The topological polar surface area (TPSA) is 12.0 Å². The number of thiophene rings is 2. The summed E-state index contributed by atoms with van der Waals surface area (Å²) in [6.45, 7) is 6.22. The lowest BCUT2D eigenvalue weighted by molar-refractivity contribution is 0.700. The second-order valence-electron chi connectivity index (χ2n) is 3.80. The molecule has 0 atom stereocenters. The Labute approximate surface area is 113 Å². The van der Waals surface area contributed by atoms with Crippen molar-refractivity contribution in [3.05, 3.63) is 42.2 Å². The van der Waals surface area contributed by atoms with Gasteiger partial charge >= 0.3 is 0 Å². The standard InChI is InChI=1S/C12H14BrNS2/c1-8-6-15-7-10(8)4-14-5-11-3-12(13)9(2)16-11/h3,6-7,14H,4-5H2,1-2H3. The Kier molecular flexibility index (Phi) is 4.19. The maximum atomic E-state index is 3.54. The Hall–Kier alpha value is -0.160. The monoisotopic (exact) mass is 315 g/mol. The van der Waals surface area contributed by atoms with Crippen LogP contribution in [0, 0.1) is 13.8 Å². The Morgan fingerprint density at radius 1 is 1.25 bits per heavy atom. The van der Waals surface area contributed by atoms with Crippen LogP contribution < -0.4 is 5.32 Å². The predicted octanol–water partition coefficient (Wildman–Crippen LogP) is 4.48. The lowest BCUT2D eigenvalue weighted by atomic mass is 10.2. The normalized spacial score (nSPS) is 10.9. The highest BCUT2D eigenvalue weighted by atomic mass is 79.9. The molecule has 0 aliphatic carbocycles. The molecule has 16 heavy (non-hydrogen) atoms. The molecule has 1 N–H and O–H groups in total. The zero-order valence-electron chi connectivity index (χ0n) is 9.34. The highest BCUT2D eigenvalue weighted by Crippen LogP contribution is 2.26. The summed E-state index contributed by atoms with van der Waals surface area (Å²) < 4.78 is 1.22. The van der Waals surface area contributed by atoms with Crippen LogP contribution >= 0.6 is 38.6 Å². The third-order valence-electron chi connectivity index (χ3n) is 2.48. The van der Waals surface area contributed by atoms with Crippen LogP contribution in [0.4, 0.5) is 0 Å². The molecule has 0 aliphatic rings. The van der Waals surface area contributed by atoms with Crippen molar-refractivity contribution in [2.45, 2.75) is 26.9 Å². The van der Waals surface area contributed by atoms with Gasteiger partial charge in [-0.3, -0.25) is 0 Å². The SMILES string of the molecule is Cc1cscc1CNCc1cc(Br)c(C)s1. The molecule has 86 valence electrons. The zero-order valence-corrected chi connectivity index (χ0v) is 12.6. The van der Waals surface area contributed by atoms with Gasteiger partial charge in [0.1, 0.15) is 0 Å². The number of hydrogen-bond acceptors (Lipinski definition) is 3. The fourth-order valence-electron chi connectivity index (χ4n) is 1.49. The summed E-state index contributed by atoms with van der Waals surface area (Å²) in [7, 11) is 0. The summed E-state index contributed by atoms with van der Waals surface area (Å²) in [4.78, 5) is 2.74. The maximum absolute atomic E-state index is 3.54. The van der Waals surface area contributed by atoms with Gasteiger partial charge in [0.2, 0.25) is 0 Å². The van der Waals surface area contributed by atoms with Crippen molar-refractivity contribution in [2.75, 3.05) is 0 Å². The minimum atomic E-state index is 0.951. The summed E-state index contributed by atoms with van der Waals surface area (Å²) in [5, 5.41) is 7.90. The first-order valence-corrected chi connectivity index (χ1v) is 7.69. The van der Waals surface area contributed by atoms with Gasteiger partial charge in [-0.1, -0.05) is 0 Å². The molecule has 0 aliphatic heterocycles. The van der Waals surface area contributed by atoms with E-state index in [4.69, 9.17) is 0 Å². The molecular formula is C12H14BrNS2. The van der Waals surface area contributed by atoms with Gasteiger partial charge in [-0.25, -0.2) is 0 Å². The number of hydrogen-bond donors (Lipinski definition) is 1. The number of nitrogens with one attached hydrogen (secondary N) is 1. The summed E-state index contributed by atoms with van der Waals surface area (Å²) in [6, 6.07) is 2.20. The Morgan fingerprint density at radius 2 is 2.06 bits per heavy atom. The van der Waals surface area contributed by atoms with Crippen molar-refractivity contribution in [1.29, 1.82) is 0 Å². The molecule has 2 aromatic rings. The van der Waals surface area contributed by atoms with E-state index in [-0.39, 0.29) is 0 Å². The maximum Gasteiger partial charge on any atom is 0.0314 e. The number of rotatable bonds is 4. The van der Waals surface area contributed by atoms with Crippen molar-refractivity contribution in [2.24, 2.45) is 0 Å². The van der Waals surface area contributed by atoms with Gasteiger partial charge in [0.15, 0.2) is 0 Å². The molecule has 0 radical (unpaired) electrons. The molecule has 0 amide bonds. The van der Waals surface area contributed by atoms with Crippen LogP contribution in [-0.4, -0.2) is 0 Å². The second-order valence-corrected chi connectivity index (χ2v) is 6.74.